The zero-order valence-electron chi connectivity index (χ0n) is 13.9. The minimum Gasteiger partial charge on any atom is -0.493 e. The predicted octanol–water partition coefficient (Wildman–Crippen LogP) is 2.41. The van der Waals surface area contributed by atoms with Crippen LogP contribution in [0, 0.1) is 12.8 Å². The summed E-state index contributed by atoms with van der Waals surface area (Å²) in [5.74, 6) is -0.424. The molecule has 2 heterocycles. The molecule has 0 spiro atoms. The van der Waals surface area contributed by atoms with E-state index in [1.54, 1.807) is 25.3 Å². The molecule has 0 unspecified atom stereocenters. The topological polar surface area (TPSA) is 83.7 Å². The summed E-state index contributed by atoms with van der Waals surface area (Å²) < 4.78 is 1.30. The monoisotopic (exact) mass is 329 g/mol. The number of nitrogens with zero attached hydrogens (tertiary/aromatic N) is 2. The third kappa shape index (κ3) is 3.27. The van der Waals surface area contributed by atoms with Crippen molar-refractivity contribution in [2.24, 2.45) is 5.92 Å². The highest BCUT2D eigenvalue weighted by Crippen LogP contribution is 2.25. The average molecular weight is 329 g/mol. The molecule has 0 aromatic carbocycles. The van der Waals surface area contributed by atoms with E-state index in [0.717, 1.165) is 12.0 Å². The van der Waals surface area contributed by atoms with E-state index in [0.29, 0.717) is 18.1 Å². The van der Waals surface area contributed by atoms with Crippen molar-refractivity contribution in [1.82, 2.24) is 14.7 Å². The molecular formula is C18H23N3O3. The quantitative estimate of drug-likeness (QED) is 0.902. The standard InChI is InChI=1S/C18H23N3O3/c1-12-6-5-11-21-15(12)20-17(23)14(18(21)24)16(22)19-10-9-13-7-3-2-4-8-13/h5-6,11,13,23H,2-4,7-10H2,1H3,(H,19,22). The lowest BCUT2D eigenvalue weighted by atomic mass is 9.87. The van der Waals surface area contributed by atoms with E-state index in [1.165, 1.54) is 36.5 Å². The van der Waals surface area contributed by atoms with Gasteiger partial charge in [0.1, 0.15) is 5.65 Å². The Balaban J connectivity index is 1.76. The van der Waals surface area contributed by atoms with E-state index in [9.17, 15) is 14.7 Å². The molecule has 0 saturated heterocycles. The van der Waals surface area contributed by atoms with Crippen molar-refractivity contribution in [2.45, 2.75) is 45.4 Å². The Bertz CT molecular complexity index is 807. The smallest absolute Gasteiger partial charge is 0.274 e. The summed E-state index contributed by atoms with van der Waals surface area (Å²) >= 11 is 0. The van der Waals surface area contributed by atoms with E-state index in [1.807, 2.05) is 0 Å². The Labute approximate surface area is 140 Å². The molecule has 6 heteroatoms. The normalized spacial score (nSPS) is 15.5. The Hall–Kier alpha value is -2.37. The van der Waals surface area contributed by atoms with Crippen molar-refractivity contribution in [1.29, 1.82) is 0 Å². The highest BCUT2D eigenvalue weighted by Gasteiger charge is 2.20. The molecule has 0 aliphatic heterocycles. The fraction of sp³-hybridized carbons (Fsp3) is 0.500. The zero-order valence-corrected chi connectivity index (χ0v) is 13.9. The van der Waals surface area contributed by atoms with Gasteiger partial charge >= 0.3 is 0 Å². The molecule has 1 aliphatic rings. The minimum atomic E-state index is -0.559. The first-order chi connectivity index (χ1) is 11.6. The van der Waals surface area contributed by atoms with Crippen molar-refractivity contribution in [3.8, 4) is 5.88 Å². The van der Waals surface area contributed by atoms with Crippen molar-refractivity contribution < 1.29 is 9.90 Å². The van der Waals surface area contributed by atoms with E-state index >= 15 is 0 Å². The number of aromatic nitrogens is 2. The van der Waals surface area contributed by atoms with Gasteiger partial charge in [0.15, 0.2) is 5.56 Å². The van der Waals surface area contributed by atoms with Crippen LogP contribution in [0.1, 0.15) is 54.4 Å². The lowest BCUT2D eigenvalue weighted by Gasteiger charge is -2.21. The molecule has 1 fully saturated rings. The molecule has 24 heavy (non-hydrogen) atoms. The summed E-state index contributed by atoms with van der Waals surface area (Å²) in [5.41, 5.74) is 0.283. The lowest BCUT2D eigenvalue weighted by Crippen LogP contribution is -2.33. The van der Waals surface area contributed by atoms with Crippen molar-refractivity contribution in [3.63, 3.8) is 0 Å². The fourth-order valence-corrected chi connectivity index (χ4v) is 3.44. The molecule has 1 amide bonds. The molecule has 0 radical (unpaired) electrons. The second-order valence-corrected chi connectivity index (χ2v) is 6.55. The molecule has 0 bridgehead atoms. The number of pyridine rings is 1. The molecule has 1 aliphatic carbocycles. The van der Waals surface area contributed by atoms with Crippen LogP contribution in [0.2, 0.25) is 0 Å². The highest BCUT2D eigenvalue weighted by atomic mass is 16.3. The molecule has 2 aromatic rings. The number of fused-ring (bicyclic) bond motifs is 1. The van der Waals surface area contributed by atoms with Crippen LogP contribution in [0.25, 0.3) is 5.65 Å². The molecular weight excluding hydrogens is 306 g/mol. The van der Waals surface area contributed by atoms with Gasteiger partial charge in [-0.15, -0.1) is 0 Å². The van der Waals surface area contributed by atoms with Crippen molar-refractivity contribution in [2.75, 3.05) is 6.54 Å². The molecule has 0 atom stereocenters. The minimum absolute atomic E-state index is 0.290. The Morgan fingerprint density at radius 2 is 2.12 bits per heavy atom. The van der Waals surface area contributed by atoms with Gasteiger partial charge in [-0.05, 0) is 30.9 Å². The molecule has 3 rings (SSSR count). The molecule has 1 saturated carbocycles. The van der Waals surface area contributed by atoms with Gasteiger partial charge in [-0.2, -0.15) is 4.98 Å². The maximum atomic E-state index is 12.5. The van der Waals surface area contributed by atoms with Gasteiger partial charge < -0.3 is 10.4 Å². The largest absolute Gasteiger partial charge is 0.493 e. The number of nitrogens with one attached hydrogen (secondary N) is 1. The summed E-state index contributed by atoms with van der Waals surface area (Å²) in [6, 6.07) is 3.51. The summed E-state index contributed by atoms with van der Waals surface area (Å²) in [5, 5.41) is 12.8. The van der Waals surface area contributed by atoms with Gasteiger partial charge in [0, 0.05) is 12.7 Å². The number of amides is 1. The van der Waals surface area contributed by atoms with Crippen LogP contribution in [-0.4, -0.2) is 26.9 Å². The fourth-order valence-electron chi connectivity index (χ4n) is 3.44. The van der Waals surface area contributed by atoms with Crippen LogP contribution in [0.4, 0.5) is 0 Å². The number of rotatable bonds is 4. The van der Waals surface area contributed by atoms with Gasteiger partial charge in [0.25, 0.3) is 11.5 Å². The van der Waals surface area contributed by atoms with Gasteiger partial charge in [-0.25, -0.2) is 0 Å². The van der Waals surface area contributed by atoms with Crippen LogP contribution >= 0.6 is 0 Å². The van der Waals surface area contributed by atoms with Crippen LogP contribution in [0.5, 0.6) is 5.88 Å². The summed E-state index contributed by atoms with van der Waals surface area (Å²) in [6.07, 6.45) is 8.70. The van der Waals surface area contributed by atoms with E-state index in [4.69, 9.17) is 0 Å². The average Bonchev–Trinajstić information content (AvgIpc) is 2.57. The first kappa shape index (κ1) is 16.5. The number of carbonyl (C=O) groups excluding carboxylic acids is 1. The van der Waals surface area contributed by atoms with Crippen LogP contribution in [0.15, 0.2) is 23.1 Å². The second kappa shape index (κ2) is 7.03. The van der Waals surface area contributed by atoms with Crippen LogP contribution in [-0.2, 0) is 0 Å². The van der Waals surface area contributed by atoms with Gasteiger partial charge in [0.05, 0.1) is 0 Å². The first-order valence-corrected chi connectivity index (χ1v) is 8.57. The van der Waals surface area contributed by atoms with Crippen molar-refractivity contribution >= 4 is 11.6 Å². The van der Waals surface area contributed by atoms with Gasteiger partial charge in [-0.3, -0.25) is 14.0 Å². The zero-order chi connectivity index (χ0) is 17.1. The molecule has 128 valence electrons. The SMILES string of the molecule is Cc1cccn2c(=O)c(C(=O)NCCC3CCCCC3)c(O)nc12. The first-order valence-electron chi connectivity index (χ1n) is 8.57. The number of aryl methyl sites for hydroxylation is 1. The Morgan fingerprint density at radius 1 is 1.38 bits per heavy atom. The van der Waals surface area contributed by atoms with E-state index in [-0.39, 0.29) is 5.56 Å². The molecule has 2 aromatic heterocycles. The number of hydrogen-bond donors (Lipinski definition) is 2. The number of aromatic hydroxyl groups is 1. The van der Waals surface area contributed by atoms with E-state index in [2.05, 4.69) is 10.3 Å². The third-order valence-electron chi connectivity index (χ3n) is 4.82. The van der Waals surface area contributed by atoms with Crippen molar-refractivity contribution in [3.05, 3.63) is 39.8 Å². The number of carbonyl (C=O) groups is 1. The summed E-state index contributed by atoms with van der Waals surface area (Å²) in [7, 11) is 0. The predicted molar refractivity (Wildman–Crippen MR) is 91.4 cm³/mol. The maximum absolute atomic E-state index is 12.5. The van der Waals surface area contributed by atoms with Gasteiger partial charge in [0.2, 0.25) is 5.88 Å². The summed E-state index contributed by atoms with van der Waals surface area (Å²) in [4.78, 5) is 28.9. The van der Waals surface area contributed by atoms with Crippen LogP contribution in [0.3, 0.4) is 0 Å². The second-order valence-electron chi connectivity index (χ2n) is 6.55. The maximum Gasteiger partial charge on any atom is 0.274 e. The number of hydrogen-bond acceptors (Lipinski definition) is 4. The molecule has 6 nitrogen and oxygen atoms in total. The highest BCUT2D eigenvalue weighted by molar-refractivity contribution is 5.96. The third-order valence-corrected chi connectivity index (χ3v) is 4.82. The van der Waals surface area contributed by atoms with Gasteiger partial charge in [-0.1, -0.05) is 38.2 Å². The Kier molecular flexibility index (Phi) is 4.83. The van der Waals surface area contributed by atoms with E-state index < -0.39 is 17.3 Å². The Morgan fingerprint density at radius 3 is 2.88 bits per heavy atom. The summed E-state index contributed by atoms with van der Waals surface area (Å²) in [6.45, 7) is 2.31. The van der Waals surface area contributed by atoms with Crippen LogP contribution < -0.4 is 10.9 Å². The molecule has 2 N–H and O–H groups in total. The lowest BCUT2D eigenvalue weighted by molar-refractivity contribution is 0.0945.